The number of esters is 1. The summed E-state index contributed by atoms with van der Waals surface area (Å²) in [6, 6.07) is -0.556. The zero-order chi connectivity index (χ0) is 9.84. The van der Waals surface area contributed by atoms with Crippen molar-refractivity contribution in [1.82, 2.24) is 5.32 Å². The van der Waals surface area contributed by atoms with E-state index in [0.717, 1.165) is 0 Å². The van der Waals surface area contributed by atoms with Crippen molar-refractivity contribution in [3.8, 4) is 0 Å². The van der Waals surface area contributed by atoms with Gasteiger partial charge in [0.15, 0.2) is 0 Å². The van der Waals surface area contributed by atoms with Gasteiger partial charge in [0.25, 0.3) is 0 Å². The SMILES string of the molecule is CCOC(=O)[C@@H]1CCN[C@@H]1C(N)=O. The molecule has 0 aliphatic carbocycles. The van der Waals surface area contributed by atoms with Gasteiger partial charge in [-0.15, -0.1) is 0 Å². The first-order chi connectivity index (χ1) is 6.16. The van der Waals surface area contributed by atoms with Crippen LogP contribution in [0.1, 0.15) is 13.3 Å². The van der Waals surface area contributed by atoms with E-state index in [-0.39, 0.29) is 5.97 Å². The van der Waals surface area contributed by atoms with Gasteiger partial charge in [-0.25, -0.2) is 0 Å². The lowest BCUT2D eigenvalue weighted by atomic mass is 10.0. The lowest BCUT2D eigenvalue weighted by molar-refractivity contribution is -0.149. The summed E-state index contributed by atoms with van der Waals surface area (Å²) in [6.45, 7) is 2.71. The second-order valence-electron chi connectivity index (χ2n) is 2.98. The predicted molar refractivity (Wildman–Crippen MR) is 45.7 cm³/mol. The van der Waals surface area contributed by atoms with Gasteiger partial charge in [-0.05, 0) is 19.9 Å². The molecule has 5 nitrogen and oxygen atoms in total. The summed E-state index contributed by atoms with van der Waals surface area (Å²) in [5.74, 6) is -1.23. The van der Waals surface area contributed by atoms with Gasteiger partial charge in [-0.3, -0.25) is 9.59 Å². The number of hydrogen-bond donors (Lipinski definition) is 2. The average molecular weight is 186 g/mol. The molecule has 13 heavy (non-hydrogen) atoms. The number of carbonyl (C=O) groups is 2. The van der Waals surface area contributed by atoms with E-state index in [2.05, 4.69) is 5.32 Å². The van der Waals surface area contributed by atoms with E-state index in [4.69, 9.17) is 10.5 Å². The Balaban J connectivity index is 2.57. The largest absolute Gasteiger partial charge is 0.466 e. The van der Waals surface area contributed by atoms with E-state index in [0.29, 0.717) is 19.6 Å². The van der Waals surface area contributed by atoms with Gasteiger partial charge in [0.05, 0.1) is 18.6 Å². The number of hydrogen-bond acceptors (Lipinski definition) is 4. The summed E-state index contributed by atoms with van der Waals surface area (Å²) < 4.78 is 4.82. The van der Waals surface area contributed by atoms with Gasteiger partial charge in [0.2, 0.25) is 5.91 Å². The Morgan fingerprint density at radius 2 is 2.31 bits per heavy atom. The van der Waals surface area contributed by atoms with E-state index in [1.54, 1.807) is 6.92 Å². The number of carbonyl (C=O) groups excluding carboxylic acids is 2. The molecule has 0 aromatic heterocycles. The Morgan fingerprint density at radius 3 is 2.85 bits per heavy atom. The number of primary amides is 1. The Morgan fingerprint density at radius 1 is 1.62 bits per heavy atom. The molecule has 0 saturated carbocycles. The highest BCUT2D eigenvalue weighted by Gasteiger charge is 2.37. The summed E-state index contributed by atoms with van der Waals surface area (Å²) >= 11 is 0. The summed E-state index contributed by atoms with van der Waals surface area (Å²) in [5.41, 5.74) is 5.11. The number of amides is 1. The molecule has 1 amide bonds. The fourth-order valence-corrected chi connectivity index (χ4v) is 1.51. The van der Waals surface area contributed by atoms with E-state index >= 15 is 0 Å². The molecule has 0 bridgehead atoms. The summed E-state index contributed by atoms with van der Waals surface area (Å²) in [4.78, 5) is 22.2. The average Bonchev–Trinajstić information content (AvgIpc) is 2.52. The van der Waals surface area contributed by atoms with Crippen molar-refractivity contribution in [2.24, 2.45) is 11.7 Å². The standard InChI is InChI=1S/C8H14N2O3/c1-2-13-8(12)5-3-4-10-6(5)7(9)11/h5-6,10H,2-4H2,1H3,(H2,9,11)/t5-,6+/m1/s1. The smallest absolute Gasteiger partial charge is 0.311 e. The number of nitrogens with one attached hydrogen (secondary N) is 1. The normalized spacial score (nSPS) is 27.2. The van der Waals surface area contributed by atoms with Gasteiger partial charge in [0, 0.05) is 0 Å². The fourth-order valence-electron chi connectivity index (χ4n) is 1.51. The Bertz CT molecular complexity index is 217. The molecule has 0 unspecified atom stereocenters. The molecule has 1 heterocycles. The lowest BCUT2D eigenvalue weighted by Crippen LogP contribution is -2.43. The molecule has 1 saturated heterocycles. The molecule has 3 N–H and O–H groups in total. The number of rotatable bonds is 3. The first-order valence-electron chi connectivity index (χ1n) is 4.36. The molecular weight excluding hydrogens is 172 g/mol. The molecule has 1 fully saturated rings. The van der Waals surface area contributed by atoms with Gasteiger partial charge in [-0.1, -0.05) is 0 Å². The highest BCUT2D eigenvalue weighted by atomic mass is 16.5. The van der Waals surface area contributed by atoms with Crippen molar-refractivity contribution in [2.45, 2.75) is 19.4 Å². The third-order valence-electron chi connectivity index (χ3n) is 2.12. The Kier molecular flexibility index (Phi) is 3.25. The van der Waals surface area contributed by atoms with Crippen molar-refractivity contribution in [2.75, 3.05) is 13.2 Å². The third-order valence-corrected chi connectivity index (χ3v) is 2.12. The Hall–Kier alpha value is -1.10. The minimum atomic E-state index is -0.556. The van der Waals surface area contributed by atoms with Crippen molar-refractivity contribution in [1.29, 1.82) is 0 Å². The molecule has 1 rings (SSSR count). The first-order valence-corrected chi connectivity index (χ1v) is 4.36. The van der Waals surface area contributed by atoms with E-state index < -0.39 is 17.9 Å². The van der Waals surface area contributed by atoms with Crippen LogP contribution in [0.25, 0.3) is 0 Å². The van der Waals surface area contributed by atoms with Gasteiger partial charge in [0.1, 0.15) is 0 Å². The summed E-state index contributed by atoms with van der Waals surface area (Å²) in [5, 5.41) is 2.87. The van der Waals surface area contributed by atoms with Crippen LogP contribution in [0.15, 0.2) is 0 Å². The molecule has 0 aromatic carbocycles. The highest BCUT2D eigenvalue weighted by Crippen LogP contribution is 2.16. The molecule has 0 radical (unpaired) electrons. The van der Waals surface area contributed by atoms with Crippen LogP contribution in [-0.2, 0) is 14.3 Å². The highest BCUT2D eigenvalue weighted by molar-refractivity contribution is 5.87. The maximum absolute atomic E-state index is 11.3. The van der Waals surface area contributed by atoms with Gasteiger partial charge < -0.3 is 15.8 Å². The first kappa shape index (κ1) is 9.98. The van der Waals surface area contributed by atoms with Gasteiger partial charge in [-0.2, -0.15) is 0 Å². The van der Waals surface area contributed by atoms with Crippen LogP contribution in [0.3, 0.4) is 0 Å². The molecule has 0 spiro atoms. The van der Waals surface area contributed by atoms with Crippen LogP contribution in [0, 0.1) is 5.92 Å². The molecule has 1 aliphatic rings. The van der Waals surface area contributed by atoms with Crippen molar-refractivity contribution in [3.05, 3.63) is 0 Å². The zero-order valence-corrected chi connectivity index (χ0v) is 7.58. The molecular formula is C8H14N2O3. The lowest BCUT2D eigenvalue weighted by Gasteiger charge is -2.14. The minimum absolute atomic E-state index is 0.334. The van der Waals surface area contributed by atoms with Crippen molar-refractivity contribution < 1.29 is 14.3 Å². The predicted octanol–water partition coefficient (Wildman–Crippen LogP) is -0.987. The second-order valence-corrected chi connectivity index (χ2v) is 2.98. The quantitative estimate of drug-likeness (QED) is 0.555. The molecule has 2 atom stereocenters. The van der Waals surface area contributed by atoms with E-state index in [1.807, 2.05) is 0 Å². The summed E-state index contributed by atoms with van der Waals surface area (Å²) in [7, 11) is 0. The Labute approximate surface area is 76.6 Å². The van der Waals surface area contributed by atoms with E-state index in [1.165, 1.54) is 0 Å². The zero-order valence-electron chi connectivity index (χ0n) is 7.58. The fraction of sp³-hybridized carbons (Fsp3) is 0.750. The van der Waals surface area contributed by atoms with Crippen LogP contribution in [0.5, 0.6) is 0 Å². The van der Waals surface area contributed by atoms with Crippen LogP contribution in [0.4, 0.5) is 0 Å². The van der Waals surface area contributed by atoms with E-state index in [9.17, 15) is 9.59 Å². The number of ether oxygens (including phenoxy) is 1. The van der Waals surface area contributed by atoms with Gasteiger partial charge >= 0.3 is 5.97 Å². The van der Waals surface area contributed by atoms with Crippen LogP contribution < -0.4 is 11.1 Å². The molecule has 74 valence electrons. The minimum Gasteiger partial charge on any atom is -0.466 e. The third kappa shape index (κ3) is 2.18. The number of nitrogens with two attached hydrogens (primary N) is 1. The molecule has 5 heteroatoms. The maximum atomic E-state index is 11.3. The second kappa shape index (κ2) is 4.23. The van der Waals surface area contributed by atoms with Crippen LogP contribution in [-0.4, -0.2) is 31.1 Å². The van der Waals surface area contributed by atoms with Crippen LogP contribution >= 0.6 is 0 Å². The molecule has 1 aliphatic heterocycles. The summed E-state index contributed by atoms with van der Waals surface area (Å²) in [6.07, 6.45) is 0.618. The maximum Gasteiger partial charge on any atom is 0.311 e. The van der Waals surface area contributed by atoms with Crippen molar-refractivity contribution >= 4 is 11.9 Å². The van der Waals surface area contributed by atoms with Crippen LogP contribution in [0.2, 0.25) is 0 Å². The topological polar surface area (TPSA) is 81.4 Å². The van der Waals surface area contributed by atoms with Crippen molar-refractivity contribution in [3.63, 3.8) is 0 Å². The molecule has 0 aromatic rings. The monoisotopic (exact) mass is 186 g/mol.